The Bertz CT molecular complexity index is 1170. The SMILES string of the molecule is COc1ccc(Cl)cc1C(=O)N(C)c1c(N)n(Cc2ccccc2)c(=O)[nH]c1=O. The average Bonchev–Trinajstić information content (AvgIpc) is 2.71. The topological polar surface area (TPSA) is 110 Å². The molecule has 0 aliphatic carbocycles. The fourth-order valence-corrected chi connectivity index (χ4v) is 3.13. The molecule has 0 atom stereocenters. The number of rotatable bonds is 5. The summed E-state index contributed by atoms with van der Waals surface area (Å²) in [6.45, 7) is 0.137. The summed E-state index contributed by atoms with van der Waals surface area (Å²) >= 11 is 6.00. The van der Waals surface area contributed by atoms with Crippen LogP contribution >= 0.6 is 11.6 Å². The van der Waals surface area contributed by atoms with E-state index < -0.39 is 17.2 Å². The summed E-state index contributed by atoms with van der Waals surface area (Å²) in [6, 6.07) is 13.7. The first kappa shape index (κ1) is 20.2. The number of anilines is 2. The van der Waals surface area contributed by atoms with Crippen LogP contribution in [0.25, 0.3) is 0 Å². The Morgan fingerprint density at radius 1 is 1.21 bits per heavy atom. The molecule has 3 aromatic rings. The summed E-state index contributed by atoms with van der Waals surface area (Å²) in [5, 5.41) is 0.332. The lowest BCUT2D eigenvalue weighted by Crippen LogP contribution is -2.39. The van der Waals surface area contributed by atoms with Gasteiger partial charge in [0.05, 0.1) is 19.2 Å². The van der Waals surface area contributed by atoms with Gasteiger partial charge in [0.15, 0.2) is 5.69 Å². The number of benzene rings is 2. The number of aromatic amines is 1. The van der Waals surface area contributed by atoms with Gasteiger partial charge in [0.25, 0.3) is 11.5 Å². The first-order valence-electron chi connectivity index (χ1n) is 8.61. The van der Waals surface area contributed by atoms with Gasteiger partial charge >= 0.3 is 5.69 Å². The lowest BCUT2D eigenvalue weighted by atomic mass is 10.1. The van der Waals surface area contributed by atoms with Crippen molar-refractivity contribution in [3.8, 4) is 5.75 Å². The quantitative estimate of drug-likeness (QED) is 0.664. The fourth-order valence-electron chi connectivity index (χ4n) is 2.95. The van der Waals surface area contributed by atoms with Crippen LogP contribution in [0.15, 0.2) is 58.1 Å². The third-order valence-corrected chi connectivity index (χ3v) is 4.66. The number of methoxy groups -OCH3 is 1. The van der Waals surface area contributed by atoms with Crippen LogP contribution in [-0.2, 0) is 6.54 Å². The van der Waals surface area contributed by atoms with Gasteiger partial charge in [-0.2, -0.15) is 0 Å². The number of nitrogens with one attached hydrogen (secondary N) is 1. The largest absolute Gasteiger partial charge is 0.496 e. The molecule has 0 fully saturated rings. The van der Waals surface area contributed by atoms with Crippen LogP contribution in [0.3, 0.4) is 0 Å². The van der Waals surface area contributed by atoms with Crippen LogP contribution in [-0.4, -0.2) is 29.6 Å². The van der Waals surface area contributed by atoms with Gasteiger partial charge in [0, 0.05) is 12.1 Å². The predicted octanol–water partition coefficient (Wildman–Crippen LogP) is 2.11. The normalized spacial score (nSPS) is 10.6. The molecule has 1 amide bonds. The minimum absolute atomic E-state index is 0.126. The van der Waals surface area contributed by atoms with E-state index in [-0.39, 0.29) is 23.6 Å². The molecule has 0 aliphatic heterocycles. The highest BCUT2D eigenvalue weighted by Gasteiger charge is 2.24. The number of amides is 1. The molecule has 150 valence electrons. The van der Waals surface area contributed by atoms with E-state index in [2.05, 4.69) is 4.98 Å². The molecule has 0 saturated carbocycles. The summed E-state index contributed by atoms with van der Waals surface area (Å²) in [6.07, 6.45) is 0. The van der Waals surface area contributed by atoms with Gasteiger partial charge in [-0.3, -0.25) is 19.1 Å². The number of nitrogens with zero attached hydrogens (tertiary/aromatic N) is 2. The standard InChI is InChI=1S/C20H19ClN4O4/c1-24(19(27)14-10-13(21)8-9-15(14)29-2)16-17(22)25(20(28)23-18(16)26)11-12-6-4-3-5-7-12/h3-10H,11,22H2,1-2H3,(H,23,26,28). The smallest absolute Gasteiger partial charge is 0.330 e. The summed E-state index contributed by atoms with van der Waals surface area (Å²) in [7, 11) is 2.81. The Morgan fingerprint density at radius 2 is 1.90 bits per heavy atom. The molecule has 2 aromatic carbocycles. The van der Waals surface area contributed by atoms with Crippen LogP contribution < -0.4 is 26.6 Å². The molecule has 0 radical (unpaired) electrons. The number of hydrogen-bond donors (Lipinski definition) is 2. The Balaban J connectivity index is 2.07. The van der Waals surface area contributed by atoms with E-state index in [1.54, 1.807) is 12.1 Å². The maximum absolute atomic E-state index is 13.0. The lowest BCUT2D eigenvalue weighted by Gasteiger charge is -2.21. The van der Waals surface area contributed by atoms with Gasteiger partial charge < -0.3 is 15.4 Å². The van der Waals surface area contributed by atoms with Crippen LogP contribution in [0.5, 0.6) is 5.75 Å². The van der Waals surface area contributed by atoms with Gasteiger partial charge in [-0.1, -0.05) is 41.9 Å². The maximum Gasteiger partial charge on any atom is 0.330 e. The number of hydrogen-bond acceptors (Lipinski definition) is 5. The summed E-state index contributed by atoms with van der Waals surface area (Å²) < 4.78 is 6.41. The molecule has 1 aromatic heterocycles. The van der Waals surface area contributed by atoms with E-state index >= 15 is 0 Å². The monoisotopic (exact) mass is 414 g/mol. The molecule has 0 spiro atoms. The van der Waals surface area contributed by atoms with E-state index in [4.69, 9.17) is 22.1 Å². The van der Waals surface area contributed by atoms with Crippen molar-refractivity contribution in [2.75, 3.05) is 24.8 Å². The van der Waals surface area contributed by atoms with Crippen molar-refractivity contribution in [3.63, 3.8) is 0 Å². The van der Waals surface area contributed by atoms with E-state index in [0.29, 0.717) is 10.8 Å². The molecule has 3 N–H and O–H groups in total. The minimum Gasteiger partial charge on any atom is -0.496 e. The summed E-state index contributed by atoms with van der Waals surface area (Å²) in [5.74, 6) is -0.398. The number of carbonyl (C=O) groups excluding carboxylic acids is 1. The molecule has 8 nitrogen and oxygen atoms in total. The molecule has 3 rings (SSSR count). The van der Waals surface area contributed by atoms with Crippen molar-refractivity contribution >= 4 is 29.0 Å². The van der Waals surface area contributed by atoms with Crippen LogP contribution in [0.1, 0.15) is 15.9 Å². The molecular formula is C20H19ClN4O4. The highest BCUT2D eigenvalue weighted by atomic mass is 35.5. The molecule has 0 aliphatic rings. The Kier molecular flexibility index (Phi) is 5.74. The molecule has 0 bridgehead atoms. The molecule has 1 heterocycles. The first-order chi connectivity index (χ1) is 13.8. The highest BCUT2D eigenvalue weighted by molar-refractivity contribution is 6.31. The van der Waals surface area contributed by atoms with Gasteiger partial charge in [-0.15, -0.1) is 0 Å². The van der Waals surface area contributed by atoms with Crippen molar-refractivity contribution < 1.29 is 9.53 Å². The summed E-state index contributed by atoms with van der Waals surface area (Å²) in [4.78, 5) is 41.1. The molecule has 0 saturated heterocycles. The molecular weight excluding hydrogens is 396 g/mol. The van der Waals surface area contributed by atoms with Crippen LogP contribution in [0.2, 0.25) is 5.02 Å². The fraction of sp³-hybridized carbons (Fsp3) is 0.150. The zero-order valence-electron chi connectivity index (χ0n) is 15.8. The Hall–Kier alpha value is -3.52. The summed E-state index contributed by atoms with van der Waals surface area (Å²) in [5.41, 5.74) is 5.53. The van der Waals surface area contributed by atoms with Gasteiger partial charge in [0.1, 0.15) is 11.6 Å². The second kappa shape index (κ2) is 8.24. The second-order valence-corrected chi connectivity index (χ2v) is 6.71. The number of carbonyl (C=O) groups is 1. The first-order valence-corrected chi connectivity index (χ1v) is 8.99. The zero-order chi connectivity index (χ0) is 21.1. The number of ether oxygens (including phenoxy) is 1. The number of nitrogens with two attached hydrogens (primary N) is 1. The van der Waals surface area contributed by atoms with Gasteiger partial charge in [-0.25, -0.2) is 4.79 Å². The third kappa shape index (κ3) is 4.02. The van der Waals surface area contributed by atoms with E-state index in [9.17, 15) is 14.4 Å². The lowest BCUT2D eigenvalue weighted by molar-refractivity contribution is 0.0989. The van der Waals surface area contributed by atoms with E-state index in [1.807, 2.05) is 30.3 Å². The third-order valence-electron chi connectivity index (χ3n) is 4.43. The van der Waals surface area contributed by atoms with Crippen molar-refractivity contribution in [1.82, 2.24) is 9.55 Å². The minimum atomic E-state index is -0.770. The van der Waals surface area contributed by atoms with E-state index in [1.165, 1.54) is 24.8 Å². The van der Waals surface area contributed by atoms with Gasteiger partial charge in [-0.05, 0) is 23.8 Å². The van der Waals surface area contributed by atoms with Crippen LogP contribution in [0.4, 0.5) is 11.5 Å². The number of H-pyrrole nitrogens is 1. The average molecular weight is 415 g/mol. The van der Waals surface area contributed by atoms with Crippen LogP contribution in [0, 0.1) is 0 Å². The molecule has 29 heavy (non-hydrogen) atoms. The van der Waals surface area contributed by atoms with Crippen molar-refractivity contribution in [2.24, 2.45) is 0 Å². The van der Waals surface area contributed by atoms with Crippen molar-refractivity contribution in [2.45, 2.75) is 6.54 Å². The molecule has 0 unspecified atom stereocenters. The number of aromatic nitrogens is 2. The Morgan fingerprint density at radius 3 is 2.55 bits per heavy atom. The number of halogens is 1. The maximum atomic E-state index is 13.0. The highest BCUT2D eigenvalue weighted by Crippen LogP contribution is 2.26. The van der Waals surface area contributed by atoms with Gasteiger partial charge in [0.2, 0.25) is 0 Å². The second-order valence-electron chi connectivity index (χ2n) is 6.27. The predicted molar refractivity (Wildman–Crippen MR) is 112 cm³/mol. The number of nitrogen functional groups attached to an aromatic ring is 1. The Labute approximate surface area is 171 Å². The van der Waals surface area contributed by atoms with Crippen molar-refractivity contribution in [1.29, 1.82) is 0 Å². The van der Waals surface area contributed by atoms with Crippen molar-refractivity contribution in [3.05, 3.63) is 85.5 Å². The molecule has 9 heteroatoms. The van der Waals surface area contributed by atoms with E-state index in [0.717, 1.165) is 10.5 Å². The zero-order valence-corrected chi connectivity index (χ0v) is 16.6.